The molecule has 0 bridgehead atoms. The van der Waals surface area contributed by atoms with E-state index in [1.165, 1.54) is 12.1 Å². The molecule has 0 aliphatic heterocycles. The van der Waals surface area contributed by atoms with Crippen LogP contribution in [0, 0.1) is 32.8 Å². The first-order valence-corrected chi connectivity index (χ1v) is 4.18. The molecule has 68 valence electrons. The zero-order valence-corrected chi connectivity index (χ0v) is 8.28. The molecule has 0 aromatic heterocycles. The molecule has 0 aliphatic rings. The maximum atomic E-state index is 10.5. The molecule has 0 radical (unpaired) electrons. The zero-order chi connectivity index (χ0) is 10.7. The lowest BCUT2D eigenvalue weighted by Crippen LogP contribution is -1.93. The second-order valence-electron chi connectivity index (χ2n) is 2.30. The van der Waals surface area contributed by atoms with E-state index in [1.807, 2.05) is 0 Å². The summed E-state index contributed by atoms with van der Waals surface area (Å²) < 4.78 is 0.0454. The molecule has 0 aliphatic carbocycles. The summed E-state index contributed by atoms with van der Waals surface area (Å²) in [5.41, 5.74) is -0.118. The van der Waals surface area contributed by atoms with Crippen molar-refractivity contribution in [3.8, 4) is 12.1 Å². The van der Waals surface area contributed by atoms with E-state index in [9.17, 15) is 10.1 Å². The van der Waals surface area contributed by atoms with Crippen LogP contribution in [0.25, 0.3) is 0 Å². The van der Waals surface area contributed by atoms with Gasteiger partial charge < -0.3 is 0 Å². The smallest absolute Gasteiger partial charge is 0.258 e. The standard InChI is InChI=1S/C8H2BrN3O2/c9-8-6(4-11)5(3-10)1-2-7(8)12(13)14/h1-2H. The highest BCUT2D eigenvalue weighted by atomic mass is 79.9. The van der Waals surface area contributed by atoms with E-state index in [0.29, 0.717) is 0 Å². The predicted molar refractivity (Wildman–Crippen MR) is 50.2 cm³/mol. The van der Waals surface area contributed by atoms with Gasteiger partial charge in [-0.25, -0.2) is 0 Å². The molecule has 0 heterocycles. The summed E-state index contributed by atoms with van der Waals surface area (Å²) >= 11 is 2.92. The van der Waals surface area contributed by atoms with E-state index < -0.39 is 4.92 Å². The molecule has 1 aromatic carbocycles. The van der Waals surface area contributed by atoms with Gasteiger partial charge in [-0.2, -0.15) is 10.5 Å². The maximum Gasteiger partial charge on any atom is 0.284 e. The van der Waals surface area contributed by atoms with E-state index in [0.717, 1.165) is 0 Å². The lowest BCUT2D eigenvalue weighted by Gasteiger charge is -1.98. The van der Waals surface area contributed by atoms with Crippen molar-refractivity contribution in [1.29, 1.82) is 10.5 Å². The number of benzene rings is 1. The fraction of sp³-hybridized carbons (Fsp3) is 0. The summed E-state index contributed by atoms with van der Waals surface area (Å²) in [5, 5.41) is 27.8. The van der Waals surface area contributed by atoms with Gasteiger partial charge in [0.1, 0.15) is 16.6 Å². The van der Waals surface area contributed by atoms with Crippen molar-refractivity contribution in [1.82, 2.24) is 0 Å². The number of hydrogen-bond donors (Lipinski definition) is 0. The predicted octanol–water partition coefficient (Wildman–Crippen LogP) is 2.10. The summed E-state index contributed by atoms with van der Waals surface area (Å²) in [6.07, 6.45) is 0. The van der Waals surface area contributed by atoms with Gasteiger partial charge in [0.05, 0.1) is 16.1 Å². The van der Waals surface area contributed by atoms with Crippen LogP contribution >= 0.6 is 15.9 Å². The summed E-state index contributed by atoms with van der Waals surface area (Å²) in [6.45, 7) is 0. The van der Waals surface area contributed by atoms with Crippen LogP contribution in [-0.2, 0) is 0 Å². The van der Waals surface area contributed by atoms with E-state index in [-0.39, 0.29) is 21.3 Å². The van der Waals surface area contributed by atoms with Crippen LogP contribution in [-0.4, -0.2) is 4.92 Å². The Morgan fingerprint density at radius 3 is 2.43 bits per heavy atom. The van der Waals surface area contributed by atoms with Crippen molar-refractivity contribution in [2.75, 3.05) is 0 Å². The van der Waals surface area contributed by atoms with E-state index in [2.05, 4.69) is 15.9 Å². The first kappa shape index (κ1) is 10.2. The quantitative estimate of drug-likeness (QED) is 0.565. The van der Waals surface area contributed by atoms with Gasteiger partial charge in [0.25, 0.3) is 5.69 Å². The highest BCUT2D eigenvalue weighted by Crippen LogP contribution is 2.29. The Balaban J connectivity index is 3.55. The van der Waals surface area contributed by atoms with Crippen LogP contribution in [0.2, 0.25) is 0 Å². The first-order chi connectivity index (χ1) is 6.61. The number of nitriles is 2. The van der Waals surface area contributed by atoms with E-state index >= 15 is 0 Å². The van der Waals surface area contributed by atoms with Crippen molar-refractivity contribution in [2.45, 2.75) is 0 Å². The highest BCUT2D eigenvalue weighted by Gasteiger charge is 2.18. The monoisotopic (exact) mass is 251 g/mol. The van der Waals surface area contributed by atoms with Gasteiger partial charge in [-0.3, -0.25) is 10.1 Å². The summed E-state index contributed by atoms with van der Waals surface area (Å²) in [5.74, 6) is 0. The zero-order valence-electron chi connectivity index (χ0n) is 6.69. The molecular formula is C8H2BrN3O2. The molecule has 0 amide bonds. The van der Waals surface area contributed by atoms with Gasteiger partial charge in [0, 0.05) is 6.07 Å². The molecule has 6 heteroatoms. The van der Waals surface area contributed by atoms with Crippen molar-refractivity contribution >= 4 is 21.6 Å². The van der Waals surface area contributed by atoms with Gasteiger partial charge in [-0.05, 0) is 22.0 Å². The molecule has 14 heavy (non-hydrogen) atoms. The number of nitro benzene ring substituents is 1. The van der Waals surface area contributed by atoms with Crippen molar-refractivity contribution in [3.05, 3.63) is 37.8 Å². The second-order valence-corrected chi connectivity index (χ2v) is 3.09. The minimum atomic E-state index is -0.619. The van der Waals surface area contributed by atoms with Crippen molar-refractivity contribution < 1.29 is 4.92 Å². The van der Waals surface area contributed by atoms with Crippen LogP contribution in [0.3, 0.4) is 0 Å². The van der Waals surface area contributed by atoms with Crippen molar-refractivity contribution in [3.63, 3.8) is 0 Å². The molecule has 5 nitrogen and oxygen atoms in total. The molecule has 0 saturated carbocycles. The number of nitrogens with zero attached hydrogens (tertiary/aromatic N) is 3. The van der Waals surface area contributed by atoms with Crippen LogP contribution < -0.4 is 0 Å². The normalized spacial score (nSPS) is 8.79. The van der Waals surface area contributed by atoms with Crippen molar-refractivity contribution in [2.24, 2.45) is 0 Å². The topological polar surface area (TPSA) is 90.7 Å². The Morgan fingerprint density at radius 2 is 2.00 bits per heavy atom. The van der Waals surface area contributed by atoms with Gasteiger partial charge in [-0.1, -0.05) is 0 Å². The Kier molecular flexibility index (Phi) is 2.80. The molecule has 0 unspecified atom stereocenters. The lowest BCUT2D eigenvalue weighted by molar-refractivity contribution is -0.385. The van der Waals surface area contributed by atoms with Crippen LogP contribution in [0.5, 0.6) is 0 Å². The van der Waals surface area contributed by atoms with Gasteiger partial charge in [-0.15, -0.1) is 0 Å². The fourth-order valence-corrected chi connectivity index (χ4v) is 1.49. The van der Waals surface area contributed by atoms with Gasteiger partial charge in [0.2, 0.25) is 0 Å². The van der Waals surface area contributed by atoms with Gasteiger partial charge in [0.15, 0.2) is 0 Å². The number of rotatable bonds is 1. The number of hydrogen-bond acceptors (Lipinski definition) is 4. The Hall–Kier alpha value is -1.92. The van der Waals surface area contributed by atoms with Crippen LogP contribution in [0.15, 0.2) is 16.6 Å². The summed E-state index contributed by atoms with van der Waals surface area (Å²) in [6, 6.07) is 5.95. The Morgan fingerprint density at radius 1 is 1.36 bits per heavy atom. The molecule has 0 fully saturated rings. The Labute approximate surface area is 87.5 Å². The molecule has 1 rings (SSSR count). The lowest BCUT2D eigenvalue weighted by atomic mass is 10.1. The Bertz CT molecular complexity index is 485. The molecule has 0 N–H and O–H groups in total. The minimum Gasteiger partial charge on any atom is -0.258 e. The van der Waals surface area contributed by atoms with Gasteiger partial charge >= 0.3 is 0 Å². The van der Waals surface area contributed by atoms with E-state index in [1.54, 1.807) is 12.1 Å². The summed E-state index contributed by atoms with van der Waals surface area (Å²) in [7, 11) is 0. The number of halogens is 1. The van der Waals surface area contributed by atoms with Crippen LogP contribution in [0.1, 0.15) is 11.1 Å². The minimum absolute atomic E-state index is 0.0123. The fourth-order valence-electron chi connectivity index (χ4n) is 0.909. The number of nitro groups is 1. The maximum absolute atomic E-state index is 10.5. The average Bonchev–Trinajstić information content (AvgIpc) is 2.16. The van der Waals surface area contributed by atoms with E-state index in [4.69, 9.17) is 10.5 Å². The SMILES string of the molecule is N#Cc1ccc([N+](=O)[O-])c(Br)c1C#N. The van der Waals surface area contributed by atoms with Crippen LogP contribution in [0.4, 0.5) is 5.69 Å². The highest BCUT2D eigenvalue weighted by molar-refractivity contribution is 9.10. The average molecular weight is 252 g/mol. The molecule has 1 aromatic rings. The molecular weight excluding hydrogens is 250 g/mol. The first-order valence-electron chi connectivity index (χ1n) is 3.39. The molecule has 0 atom stereocenters. The molecule has 0 saturated heterocycles. The third kappa shape index (κ3) is 1.56. The third-order valence-electron chi connectivity index (χ3n) is 1.55. The second kappa shape index (κ2) is 3.86. The largest absolute Gasteiger partial charge is 0.284 e. The third-order valence-corrected chi connectivity index (χ3v) is 2.35. The summed E-state index contributed by atoms with van der Waals surface area (Å²) in [4.78, 5) is 9.85. The molecule has 0 spiro atoms.